The number of aliphatic hydroxyl groups excluding tert-OH is 2. The van der Waals surface area contributed by atoms with Gasteiger partial charge in [-0.15, -0.1) is 25.6 Å². The smallest absolute Gasteiger partial charge is 0.403 e. The van der Waals surface area contributed by atoms with E-state index in [9.17, 15) is 72.2 Å². The molecule has 2 heterocycles. The van der Waals surface area contributed by atoms with Gasteiger partial charge in [0.1, 0.15) is 34.9 Å². The number of amides is 1. The van der Waals surface area contributed by atoms with Crippen LogP contribution in [0.4, 0.5) is 4.79 Å². The number of Topliss-reactive ketones (excluding diaryl/α,β-unsaturated/α-hetero) is 2. The number of rotatable bonds is 16. The standard InChI is InChI=1S/C16H23NO6.C9H12O5.C8H13NO2.C8H10O3.C7H10O5.C7H8O4.C3H5ClO2.ClH/c1-4-9-8-16(9,15(21)23-5-2)17-13(19)11-6-10(18)7-12(11)14(20)22-3;1-13-8(11)6-3-5(10)4-7(6)9(12)14-2;1-3-6-5-8(6,9)7(10)11-4-2;1-4(9)6-2-5-3-7(6)8(10)11-5;8-3-1-4(6(9)10)5(2-3)7(11)12;8-6(9)4-1-3-2-5(4)7(10)11-3;1-2-6-3(4)5;/h4,9-12,18H,1,5-8H2,2-3H3,(H,17,19);6-7H,3-4H2,1-2H3;3,6H,1,4-5,9H2,2H3;5-7H,2-3H2,1H3;3-5,8H,1-2H2,(H,9,10)(H,11,12);3-5H,1-2H2,(H,8,9);2H2,1H3;1H/t9-,10+,11-,12-,16-;6-,7-;6-,8-;;4-,5-;;;/m111.1.../s1. The number of esters is 7. The molecule has 31 heteroatoms. The highest BCUT2D eigenvalue weighted by atomic mass is 35.5. The molecule has 17 atom stereocenters. The predicted octanol–water partition coefficient (Wildman–Crippen LogP) is 2.45. The molecule has 9 fully saturated rings. The number of aliphatic hydroxyl groups is 2. The Hall–Kier alpha value is -7.08. The summed E-state index contributed by atoms with van der Waals surface area (Å²) in [6.07, 6.45) is 6.06. The fraction of sp³-hybridized carbons (Fsp3) is 0.690. The van der Waals surface area contributed by atoms with E-state index in [1.54, 1.807) is 39.8 Å². The van der Waals surface area contributed by atoms with Crippen molar-refractivity contribution in [1.29, 1.82) is 0 Å². The number of methoxy groups -OCH3 is 3. The van der Waals surface area contributed by atoms with Crippen LogP contribution in [0.5, 0.6) is 0 Å². The van der Waals surface area contributed by atoms with Crippen molar-refractivity contribution in [1.82, 2.24) is 5.32 Å². The van der Waals surface area contributed by atoms with Crippen LogP contribution in [0.15, 0.2) is 25.3 Å². The van der Waals surface area contributed by atoms with Gasteiger partial charge in [-0.1, -0.05) is 12.2 Å². The summed E-state index contributed by atoms with van der Waals surface area (Å²) >= 11 is 4.72. The number of aliphatic carboxylic acids is 3. The highest BCUT2D eigenvalue weighted by Crippen LogP contribution is 2.47. The molecular weight excluding hydrogens is 1230 g/mol. The van der Waals surface area contributed by atoms with Crippen molar-refractivity contribution in [3.8, 4) is 0 Å². The van der Waals surface area contributed by atoms with E-state index in [1.165, 1.54) is 21.3 Å². The zero-order chi connectivity index (χ0) is 66.7. The Morgan fingerprint density at radius 2 is 0.966 bits per heavy atom. The molecule has 7 saturated carbocycles. The van der Waals surface area contributed by atoms with Gasteiger partial charge in [0.25, 0.3) is 0 Å². The van der Waals surface area contributed by atoms with Gasteiger partial charge in [-0.25, -0.2) is 9.59 Å². The summed E-state index contributed by atoms with van der Waals surface area (Å²) < 4.78 is 37.5. The van der Waals surface area contributed by atoms with Crippen LogP contribution in [0, 0.1) is 71.0 Å². The Morgan fingerprint density at radius 1 is 0.573 bits per heavy atom. The Kier molecular flexibility index (Phi) is 31.0. The number of carboxylic acid groups (broad SMARTS) is 3. The van der Waals surface area contributed by atoms with E-state index in [0.717, 1.165) is 12.8 Å². The number of fused-ring (bicyclic) bond motifs is 4. The Bertz CT molecular complexity index is 2540. The maximum atomic E-state index is 12.6. The van der Waals surface area contributed by atoms with Gasteiger partial charge in [0.05, 0.1) is 107 Å². The third kappa shape index (κ3) is 21.0. The lowest BCUT2D eigenvalue weighted by Gasteiger charge is -2.22. The maximum Gasteiger partial charge on any atom is 0.403 e. The zero-order valence-corrected chi connectivity index (χ0v) is 52.1. The Morgan fingerprint density at radius 3 is 1.28 bits per heavy atom. The molecule has 0 aromatic heterocycles. The Balaban J connectivity index is 0.000000365. The van der Waals surface area contributed by atoms with Crippen molar-refractivity contribution in [2.45, 2.75) is 140 Å². The first-order chi connectivity index (χ1) is 41.3. The summed E-state index contributed by atoms with van der Waals surface area (Å²) in [5, 5.41) is 47.3. The number of carboxylic acids is 3. The van der Waals surface area contributed by atoms with E-state index in [0.29, 0.717) is 38.9 Å². The molecule has 0 spiro atoms. The van der Waals surface area contributed by atoms with Gasteiger partial charge in [0.2, 0.25) is 5.91 Å². The fourth-order valence-electron chi connectivity index (χ4n) is 11.6. The van der Waals surface area contributed by atoms with E-state index in [1.807, 2.05) is 0 Å². The molecule has 2 saturated heterocycles. The number of carbonyl (C=O) groups excluding carboxylic acids is 11. The molecule has 500 valence electrons. The molecule has 89 heavy (non-hydrogen) atoms. The number of ether oxygens (including phenoxy) is 8. The lowest BCUT2D eigenvalue weighted by atomic mass is 9.92. The number of halogens is 2. The van der Waals surface area contributed by atoms with Crippen molar-refractivity contribution in [2.75, 3.05) is 41.2 Å². The molecule has 29 nitrogen and oxygen atoms in total. The molecule has 0 radical (unpaired) electrons. The van der Waals surface area contributed by atoms with Crippen LogP contribution in [-0.2, 0) is 100 Å². The van der Waals surface area contributed by atoms with Crippen LogP contribution < -0.4 is 11.1 Å². The summed E-state index contributed by atoms with van der Waals surface area (Å²) in [6, 6.07) is 0. The minimum absolute atomic E-state index is 0. The molecular formula is C58H82Cl2N2O27. The first-order valence-corrected chi connectivity index (χ1v) is 28.9. The Labute approximate surface area is 524 Å². The van der Waals surface area contributed by atoms with Crippen LogP contribution in [0.1, 0.15) is 105 Å². The highest BCUT2D eigenvalue weighted by molar-refractivity contribution is 6.61. The van der Waals surface area contributed by atoms with E-state index in [-0.39, 0.29) is 129 Å². The number of nitrogens with one attached hydrogen (secondary N) is 1. The molecule has 6 unspecified atom stereocenters. The van der Waals surface area contributed by atoms with Gasteiger partial charge in [0.15, 0.2) is 0 Å². The van der Waals surface area contributed by atoms with Crippen LogP contribution in [0.3, 0.4) is 0 Å². The number of carbonyl (C=O) groups is 14. The number of nitrogens with two attached hydrogens (primary N) is 1. The average Bonchev–Trinajstić information content (AvgIpc) is 1.60. The molecule has 9 aliphatic rings. The lowest BCUT2D eigenvalue weighted by Crippen LogP contribution is -2.49. The fourth-order valence-corrected chi connectivity index (χ4v) is 11.7. The van der Waals surface area contributed by atoms with Crippen molar-refractivity contribution in [3.63, 3.8) is 0 Å². The lowest BCUT2D eigenvalue weighted by molar-refractivity contribution is -0.158. The van der Waals surface area contributed by atoms with Crippen LogP contribution in [0.2, 0.25) is 0 Å². The van der Waals surface area contributed by atoms with Crippen molar-refractivity contribution >= 4 is 107 Å². The molecule has 4 bridgehead atoms. The number of ketones is 2. The van der Waals surface area contributed by atoms with Crippen molar-refractivity contribution < 1.29 is 131 Å². The summed E-state index contributed by atoms with van der Waals surface area (Å²) in [7, 11) is 3.72. The highest BCUT2D eigenvalue weighted by Gasteiger charge is 2.62. The predicted molar refractivity (Wildman–Crippen MR) is 305 cm³/mol. The quantitative estimate of drug-likeness (QED) is 0.0505. The van der Waals surface area contributed by atoms with Gasteiger partial charge in [0, 0.05) is 42.2 Å². The van der Waals surface area contributed by atoms with E-state index >= 15 is 0 Å². The van der Waals surface area contributed by atoms with Gasteiger partial charge in [-0.3, -0.25) is 57.5 Å². The zero-order valence-electron chi connectivity index (χ0n) is 50.5. The van der Waals surface area contributed by atoms with Gasteiger partial charge >= 0.3 is 65.1 Å². The molecule has 0 aromatic rings. The number of hydrogen-bond acceptors (Lipinski definition) is 25. The maximum absolute atomic E-state index is 12.6. The van der Waals surface area contributed by atoms with Crippen molar-refractivity contribution in [3.05, 3.63) is 25.3 Å². The summed E-state index contributed by atoms with van der Waals surface area (Å²) in [5.41, 5.74) is 3.10. The second kappa shape index (κ2) is 35.3. The summed E-state index contributed by atoms with van der Waals surface area (Å²) in [5.74, 6) is -12.1. The van der Waals surface area contributed by atoms with Gasteiger partial charge in [-0.05, 0) is 91.9 Å². The second-order valence-corrected chi connectivity index (χ2v) is 22.5. The molecule has 7 aliphatic carbocycles. The van der Waals surface area contributed by atoms with Crippen LogP contribution in [0.25, 0.3) is 0 Å². The van der Waals surface area contributed by atoms with E-state index in [2.05, 4.69) is 32.7 Å². The SMILES string of the molecule is C=C[C@@H]1C[C@]1(N)C(=O)OCC.C=C[C@@H]1C[C@]1(NC(=O)[C@@H]1C[C@H](O)C[C@H]1C(=O)OC)C(=O)OCC.CC(=O)C1CC2CC1C(=O)O2.CCOC(=O)Cl.COC(=O)[C@@H]1CC(=O)C[C@H]1C(=O)OC.Cl.O=C(O)C1CC2CC1C(=O)O2.O=C(O)[C@@H]1CC(O)C[C@H]1C(=O)O. The molecule has 2 aliphatic heterocycles. The third-order valence-electron chi connectivity index (χ3n) is 16.5. The first kappa shape index (κ1) is 78.0. The van der Waals surface area contributed by atoms with E-state index < -0.39 is 118 Å². The van der Waals surface area contributed by atoms with Crippen LogP contribution in [-0.4, -0.2) is 185 Å². The van der Waals surface area contributed by atoms with E-state index in [4.69, 9.17) is 61.4 Å². The molecule has 8 N–H and O–H groups in total. The molecule has 9 rings (SSSR count). The molecule has 0 aromatic carbocycles. The monoisotopic (exact) mass is 1310 g/mol. The first-order valence-electron chi connectivity index (χ1n) is 28.5. The average molecular weight is 1310 g/mol. The minimum atomic E-state index is -1.14. The third-order valence-corrected chi connectivity index (χ3v) is 16.6. The van der Waals surface area contributed by atoms with Crippen molar-refractivity contribution in [2.24, 2.45) is 76.7 Å². The normalized spacial score (nSPS) is 32.2. The van der Waals surface area contributed by atoms with Gasteiger partial charge < -0.3 is 74.5 Å². The van der Waals surface area contributed by atoms with Gasteiger partial charge in [-0.2, -0.15) is 0 Å². The minimum Gasteiger partial charge on any atom is -0.481 e. The van der Waals surface area contributed by atoms with Crippen LogP contribution >= 0.6 is 24.0 Å². The largest absolute Gasteiger partial charge is 0.481 e. The summed E-state index contributed by atoms with van der Waals surface area (Å²) in [4.78, 5) is 155. The summed E-state index contributed by atoms with van der Waals surface area (Å²) in [6.45, 7) is 14.9. The molecule has 1 amide bonds. The number of hydrogen-bond donors (Lipinski definition) is 7. The second-order valence-electron chi connectivity index (χ2n) is 22.2. The topological polar surface area (TPSA) is 452 Å².